The van der Waals surface area contributed by atoms with E-state index >= 15 is 0 Å². The van der Waals surface area contributed by atoms with Crippen LogP contribution in [-0.4, -0.2) is 38.7 Å². The lowest BCUT2D eigenvalue weighted by Gasteiger charge is -2.11. The van der Waals surface area contributed by atoms with Crippen molar-refractivity contribution < 1.29 is 12.7 Å². The van der Waals surface area contributed by atoms with E-state index in [4.69, 9.17) is 0 Å². The molecule has 1 aliphatic heterocycles. The molecule has 0 spiro atoms. The number of nitrogens with zero attached hydrogens (tertiary/aromatic N) is 2. The van der Waals surface area contributed by atoms with Crippen molar-refractivity contribution in [2.24, 2.45) is 4.99 Å². The number of hydrogen-bond donors (Lipinski definition) is 0. The summed E-state index contributed by atoms with van der Waals surface area (Å²) < 4.78 is 26.6. The second-order valence-corrected chi connectivity index (χ2v) is 3.85. The second-order valence-electron chi connectivity index (χ2n) is 2.25. The first-order chi connectivity index (χ1) is 5.64. The summed E-state index contributed by atoms with van der Waals surface area (Å²) in [6.07, 6.45) is 2.64. The molecule has 0 aliphatic carbocycles. The highest BCUT2D eigenvalue weighted by molar-refractivity contribution is 7.86. The van der Waals surface area contributed by atoms with Crippen LogP contribution in [0.5, 0.6) is 0 Å². The van der Waals surface area contributed by atoms with Gasteiger partial charge < -0.3 is 0 Å². The highest BCUT2D eigenvalue weighted by atomic mass is 32.2. The van der Waals surface area contributed by atoms with Gasteiger partial charge in [-0.15, -0.1) is 10.9 Å². The molecule has 0 aromatic carbocycles. The molecule has 12 heavy (non-hydrogen) atoms. The van der Waals surface area contributed by atoms with Crippen LogP contribution >= 0.6 is 0 Å². The molecule has 0 atom stereocenters. The first-order valence-electron chi connectivity index (χ1n) is 3.44. The van der Waals surface area contributed by atoms with Crippen LogP contribution in [0.25, 0.3) is 0 Å². The molecule has 68 valence electrons. The molecule has 6 heteroatoms. The Morgan fingerprint density at radius 2 is 2.50 bits per heavy atom. The molecule has 0 saturated carbocycles. The highest BCUT2D eigenvalue weighted by Crippen LogP contribution is 2.01. The molecule has 0 amide bonds. The first-order valence-corrected chi connectivity index (χ1v) is 5.01. The van der Waals surface area contributed by atoms with Gasteiger partial charge in [-0.05, 0) is 0 Å². The van der Waals surface area contributed by atoms with E-state index in [0.29, 0.717) is 13.1 Å². The van der Waals surface area contributed by atoms with Gasteiger partial charge in [-0.2, -0.15) is 8.42 Å². The SMILES string of the molecule is C=CCS(=O)(=O)ON1C=NCC1. The van der Waals surface area contributed by atoms with Gasteiger partial charge >= 0.3 is 0 Å². The van der Waals surface area contributed by atoms with Crippen molar-refractivity contribution in [3.8, 4) is 0 Å². The smallest absolute Gasteiger partial charge is 0.271 e. The number of rotatable bonds is 4. The molecule has 5 nitrogen and oxygen atoms in total. The second kappa shape index (κ2) is 3.68. The molecule has 0 aromatic rings. The van der Waals surface area contributed by atoms with Gasteiger partial charge in [-0.1, -0.05) is 6.08 Å². The Hall–Kier alpha value is -0.880. The zero-order chi connectivity index (χ0) is 9.03. The molecular formula is C6H10N2O3S. The van der Waals surface area contributed by atoms with E-state index in [1.807, 2.05) is 0 Å². The van der Waals surface area contributed by atoms with Crippen LogP contribution in [0.4, 0.5) is 0 Å². The molecule has 0 unspecified atom stereocenters. The molecule has 0 fully saturated rings. The maximum Gasteiger partial charge on any atom is 0.291 e. The summed E-state index contributed by atoms with van der Waals surface area (Å²) in [4.78, 5) is 3.79. The normalized spacial score (nSPS) is 16.8. The zero-order valence-electron chi connectivity index (χ0n) is 6.51. The van der Waals surface area contributed by atoms with E-state index in [1.54, 1.807) is 0 Å². The van der Waals surface area contributed by atoms with Crippen LogP contribution < -0.4 is 0 Å². The Kier molecular flexibility index (Phi) is 2.83. The van der Waals surface area contributed by atoms with E-state index < -0.39 is 10.1 Å². The van der Waals surface area contributed by atoms with Gasteiger partial charge in [0.15, 0.2) is 0 Å². The summed E-state index contributed by atoms with van der Waals surface area (Å²) in [5.41, 5.74) is 0. The van der Waals surface area contributed by atoms with Crippen molar-refractivity contribution in [3.05, 3.63) is 12.7 Å². The topological polar surface area (TPSA) is 59.0 Å². The maximum absolute atomic E-state index is 11.0. The lowest BCUT2D eigenvalue weighted by atomic mass is 10.7. The Morgan fingerprint density at radius 3 is 3.00 bits per heavy atom. The van der Waals surface area contributed by atoms with E-state index in [1.165, 1.54) is 17.5 Å². The monoisotopic (exact) mass is 190 g/mol. The Balaban J connectivity index is 2.49. The highest BCUT2D eigenvalue weighted by Gasteiger charge is 2.15. The number of hydrogen-bond acceptors (Lipinski definition) is 5. The molecule has 0 N–H and O–H groups in total. The van der Waals surface area contributed by atoms with E-state index in [0.717, 1.165) is 0 Å². The van der Waals surface area contributed by atoms with Crippen LogP contribution in [0.3, 0.4) is 0 Å². The van der Waals surface area contributed by atoms with Crippen LogP contribution in [0, 0.1) is 0 Å². The van der Waals surface area contributed by atoms with Crippen molar-refractivity contribution in [2.75, 3.05) is 18.8 Å². The van der Waals surface area contributed by atoms with Crippen molar-refractivity contribution in [2.45, 2.75) is 0 Å². The average molecular weight is 190 g/mol. The summed E-state index contributed by atoms with van der Waals surface area (Å²) in [5.74, 6) is -0.183. The standard InChI is InChI=1S/C6H10N2O3S/c1-2-5-12(9,10)11-8-4-3-7-6-8/h2,6H,1,3-5H2. The van der Waals surface area contributed by atoms with Crippen molar-refractivity contribution in [1.29, 1.82) is 0 Å². The first kappa shape index (κ1) is 9.21. The van der Waals surface area contributed by atoms with Gasteiger partial charge in [0.2, 0.25) is 0 Å². The lowest BCUT2D eigenvalue weighted by molar-refractivity contribution is 0.0464. The molecule has 1 aliphatic rings. The van der Waals surface area contributed by atoms with Gasteiger partial charge in [-0.25, -0.2) is 5.06 Å². The van der Waals surface area contributed by atoms with E-state index in [2.05, 4.69) is 15.9 Å². The summed E-state index contributed by atoms with van der Waals surface area (Å²) in [6, 6.07) is 0. The third-order valence-corrected chi connectivity index (χ3v) is 2.25. The third-order valence-electron chi connectivity index (χ3n) is 1.19. The quantitative estimate of drug-likeness (QED) is 0.575. The summed E-state index contributed by atoms with van der Waals surface area (Å²) in [6.45, 7) is 4.36. The van der Waals surface area contributed by atoms with Crippen LogP contribution in [0.2, 0.25) is 0 Å². The fourth-order valence-electron chi connectivity index (χ4n) is 0.740. The number of hydroxylamine groups is 2. The fraction of sp³-hybridized carbons (Fsp3) is 0.500. The van der Waals surface area contributed by atoms with E-state index in [-0.39, 0.29) is 5.75 Å². The van der Waals surface area contributed by atoms with Gasteiger partial charge in [0, 0.05) is 0 Å². The number of aliphatic imine (C=N–C) groups is 1. The van der Waals surface area contributed by atoms with E-state index in [9.17, 15) is 8.42 Å². The molecular weight excluding hydrogens is 180 g/mol. The predicted octanol–water partition coefficient (Wildman–Crippen LogP) is -0.222. The Bertz CT molecular complexity index is 283. The van der Waals surface area contributed by atoms with Crippen LogP contribution in [-0.2, 0) is 14.4 Å². The van der Waals surface area contributed by atoms with Gasteiger partial charge in [-0.3, -0.25) is 4.99 Å². The van der Waals surface area contributed by atoms with Crippen molar-refractivity contribution in [3.63, 3.8) is 0 Å². The molecule has 0 bridgehead atoms. The molecule has 0 saturated heterocycles. The molecule has 0 radical (unpaired) electrons. The van der Waals surface area contributed by atoms with Gasteiger partial charge in [0.05, 0.1) is 18.8 Å². The van der Waals surface area contributed by atoms with Crippen molar-refractivity contribution in [1.82, 2.24) is 5.06 Å². The summed E-state index contributed by atoms with van der Waals surface area (Å²) in [5, 5.41) is 1.19. The maximum atomic E-state index is 11.0. The van der Waals surface area contributed by atoms with Gasteiger partial charge in [0.1, 0.15) is 6.34 Å². The predicted molar refractivity (Wildman–Crippen MR) is 45.1 cm³/mol. The van der Waals surface area contributed by atoms with Gasteiger partial charge in [0.25, 0.3) is 10.1 Å². The third kappa shape index (κ3) is 2.63. The van der Waals surface area contributed by atoms with Crippen molar-refractivity contribution >= 4 is 16.5 Å². The van der Waals surface area contributed by atoms with Crippen LogP contribution in [0.1, 0.15) is 0 Å². The zero-order valence-corrected chi connectivity index (χ0v) is 7.33. The minimum Gasteiger partial charge on any atom is -0.271 e. The summed E-state index contributed by atoms with van der Waals surface area (Å²) in [7, 11) is -3.50. The Morgan fingerprint density at radius 1 is 1.75 bits per heavy atom. The fourth-order valence-corrected chi connectivity index (χ4v) is 1.49. The Labute approximate surface area is 71.4 Å². The molecule has 0 aromatic heterocycles. The largest absolute Gasteiger partial charge is 0.291 e. The minimum atomic E-state index is -3.50. The average Bonchev–Trinajstić information content (AvgIpc) is 2.38. The van der Waals surface area contributed by atoms with Crippen LogP contribution in [0.15, 0.2) is 17.6 Å². The lowest BCUT2D eigenvalue weighted by Crippen LogP contribution is -2.25. The molecule has 1 rings (SSSR count). The minimum absolute atomic E-state index is 0.183. The summed E-state index contributed by atoms with van der Waals surface area (Å²) >= 11 is 0. The molecule has 1 heterocycles.